The van der Waals surface area contributed by atoms with E-state index in [4.69, 9.17) is 16.3 Å². The first-order chi connectivity index (χ1) is 13.3. The van der Waals surface area contributed by atoms with E-state index in [-0.39, 0.29) is 41.5 Å². The number of rotatable bonds is 7. The van der Waals surface area contributed by atoms with E-state index >= 15 is 0 Å². The van der Waals surface area contributed by atoms with Gasteiger partial charge in [0.1, 0.15) is 11.6 Å². The zero-order valence-electron chi connectivity index (χ0n) is 16.1. The fourth-order valence-electron chi connectivity index (χ4n) is 2.83. The van der Waals surface area contributed by atoms with Crippen LogP contribution in [0.3, 0.4) is 0 Å². The van der Waals surface area contributed by atoms with Gasteiger partial charge in [0.05, 0.1) is 12.1 Å². The lowest BCUT2D eigenvalue weighted by Crippen LogP contribution is -2.49. The monoisotopic (exact) mass is 547 g/mol. The van der Waals surface area contributed by atoms with Crippen molar-refractivity contribution >= 4 is 41.5 Å². The van der Waals surface area contributed by atoms with Crippen LogP contribution in [-0.2, 0) is 6.18 Å². The van der Waals surface area contributed by atoms with Crippen LogP contribution < -0.4 is 15.4 Å². The minimum Gasteiger partial charge on any atom is -0.475 e. The van der Waals surface area contributed by atoms with E-state index < -0.39 is 11.7 Å². The summed E-state index contributed by atoms with van der Waals surface area (Å²) >= 11 is 5.81. The molecule has 6 nitrogen and oxygen atoms in total. The fraction of sp³-hybridized carbons (Fsp3) is 0.556. The predicted molar refractivity (Wildman–Crippen MR) is 119 cm³/mol. The largest absolute Gasteiger partial charge is 0.475 e. The highest BCUT2D eigenvalue weighted by molar-refractivity contribution is 14.0. The highest BCUT2D eigenvalue weighted by Gasteiger charge is 2.31. The van der Waals surface area contributed by atoms with E-state index in [2.05, 4.69) is 32.1 Å². The van der Waals surface area contributed by atoms with Gasteiger partial charge in [-0.05, 0) is 18.9 Å². The van der Waals surface area contributed by atoms with Gasteiger partial charge in [-0.25, -0.2) is 4.98 Å². The number of hydrogen-bond acceptors (Lipinski definition) is 4. The van der Waals surface area contributed by atoms with Crippen LogP contribution in [0.25, 0.3) is 0 Å². The number of ether oxygens (including phenoxy) is 1. The molecule has 1 aliphatic rings. The highest BCUT2D eigenvalue weighted by Crippen LogP contribution is 2.32. The van der Waals surface area contributed by atoms with Crippen molar-refractivity contribution in [2.75, 3.05) is 39.8 Å². The molecule has 0 saturated carbocycles. The second-order valence-corrected chi connectivity index (χ2v) is 6.77. The highest BCUT2D eigenvalue weighted by atomic mass is 127. The van der Waals surface area contributed by atoms with Crippen molar-refractivity contribution in [3.8, 4) is 5.88 Å². The number of alkyl halides is 3. The third-order valence-electron chi connectivity index (χ3n) is 4.31. The molecule has 29 heavy (non-hydrogen) atoms. The molecule has 0 aliphatic carbocycles. The molecule has 0 spiro atoms. The van der Waals surface area contributed by atoms with Crippen LogP contribution in [0.1, 0.15) is 18.4 Å². The number of likely N-dealkylation sites (tertiary alicyclic amines) is 1. The molecule has 0 amide bonds. The third-order valence-corrected chi connectivity index (χ3v) is 4.58. The zero-order valence-corrected chi connectivity index (χ0v) is 19.2. The van der Waals surface area contributed by atoms with Gasteiger partial charge in [-0.1, -0.05) is 17.7 Å². The van der Waals surface area contributed by atoms with Crippen molar-refractivity contribution in [3.63, 3.8) is 0 Å². The van der Waals surface area contributed by atoms with Crippen molar-refractivity contribution < 1.29 is 17.9 Å². The van der Waals surface area contributed by atoms with E-state index in [0.717, 1.165) is 38.5 Å². The molecule has 0 radical (unpaired) electrons. The Bertz CT molecular complexity index is 682. The predicted octanol–water partition coefficient (Wildman–Crippen LogP) is 3.57. The molecule has 0 atom stereocenters. The Labute approximate surface area is 191 Å². The average molecular weight is 548 g/mol. The fourth-order valence-corrected chi connectivity index (χ4v) is 3.06. The van der Waals surface area contributed by atoms with Gasteiger partial charge in [0.15, 0.2) is 5.96 Å². The van der Waals surface area contributed by atoms with Crippen molar-refractivity contribution in [2.45, 2.75) is 25.1 Å². The SMILES string of the molecule is C=CCN1CCC(NC(=NC)NCCOc2ncc(C(F)(F)F)cc2Cl)CC1.I. The molecule has 0 bridgehead atoms. The summed E-state index contributed by atoms with van der Waals surface area (Å²) < 4.78 is 43.2. The normalized spacial score (nSPS) is 16.1. The topological polar surface area (TPSA) is 61.8 Å². The summed E-state index contributed by atoms with van der Waals surface area (Å²) in [5.74, 6) is 0.617. The molecule has 1 aromatic heterocycles. The minimum absolute atomic E-state index is 0. The minimum atomic E-state index is -4.49. The average Bonchev–Trinajstić information content (AvgIpc) is 2.66. The molecular weight excluding hydrogens is 522 g/mol. The van der Waals surface area contributed by atoms with Crippen LogP contribution in [-0.4, -0.2) is 61.7 Å². The van der Waals surface area contributed by atoms with Crippen molar-refractivity contribution in [2.24, 2.45) is 4.99 Å². The summed E-state index contributed by atoms with van der Waals surface area (Å²) in [6.07, 6.45) is 0.142. The molecule has 11 heteroatoms. The standard InChI is InChI=1S/C18H25ClF3N5O.HI/c1-3-7-27-8-4-14(5-9-27)26-17(23-2)24-6-10-28-16-15(19)11-13(12-25-16)18(20,21)22;/h3,11-12,14H,1,4-10H2,2H3,(H2,23,24,26);1H. The Balaban J connectivity index is 0.00000420. The summed E-state index contributed by atoms with van der Waals surface area (Å²) in [6.45, 7) is 7.24. The second-order valence-electron chi connectivity index (χ2n) is 6.36. The van der Waals surface area contributed by atoms with Crippen molar-refractivity contribution in [1.82, 2.24) is 20.5 Å². The first-order valence-corrected chi connectivity index (χ1v) is 9.37. The number of nitrogens with zero attached hydrogens (tertiary/aromatic N) is 3. The molecule has 1 saturated heterocycles. The van der Waals surface area contributed by atoms with Crippen LogP contribution in [0.5, 0.6) is 5.88 Å². The summed E-state index contributed by atoms with van der Waals surface area (Å²) in [5, 5.41) is 6.30. The van der Waals surface area contributed by atoms with Gasteiger partial charge >= 0.3 is 6.18 Å². The molecule has 0 unspecified atom stereocenters. The van der Waals surface area contributed by atoms with E-state index in [9.17, 15) is 13.2 Å². The van der Waals surface area contributed by atoms with Crippen LogP contribution in [0, 0.1) is 0 Å². The molecule has 2 heterocycles. The number of nitrogens with one attached hydrogen (secondary N) is 2. The van der Waals surface area contributed by atoms with Gasteiger partial charge in [-0.2, -0.15) is 13.2 Å². The summed E-state index contributed by atoms with van der Waals surface area (Å²) in [7, 11) is 1.68. The first kappa shape index (κ1) is 25.8. The smallest absolute Gasteiger partial charge is 0.417 e. The van der Waals surface area contributed by atoms with Crippen molar-refractivity contribution in [1.29, 1.82) is 0 Å². The maximum Gasteiger partial charge on any atom is 0.417 e. The van der Waals surface area contributed by atoms with Gasteiger partial charge in [-0.15, -0.1) is 30.6 Å². The number of guanidine groups is 1. The quantitative estimate of drug-likeness (QED) is 0.180. The van der Waals surface area contributed by atoms with Crippen LogP contribution in [0.2, 0.25) is 5.02 Å². The Kier molecular flexibility index (Phi) is 11.0. The van der Waals surface area contributed by atoms with Crippen LogP contribution in [0.4, 0.5) is 13.2 Å². The molecule has 164 valence electrons. The van der Waals surface area contributed by atoms with E-state index in [0.29, 0.717) is 24.7 Å². The zero-order chi connectivity index (χ0) is 20.6. The van der Waals surface area contributed by atoms with E-state index in [1.54, 1.807) is 7.05 Å². The van der Waals surface area contributed by atoms with Gasteiger partial charge in [0, 0.05) is 38.9 Å². The molecule has 1 aromatic rings. The lowest BCUT2D eigenvalue weighted by molar-refractivity contribution is -0.137. The Morgan fingerprint density at radius 1 is 1.45 bits per heavy atom. The van der Waals surface area contributed by atoms with Gasteiger partial charge in [0.25, 0.3) is 0 Å². The number of halogens is 5. The van der Waals surface area contributed by atoms with Crippen LogP contribution >= 0.6 is 35.6 Å². The molecule has 1 aliphatic heterocycles. The number of aromatic nitrogens is 1. The molecule has 2 rings (SSSR count). The van der Waals surface area contributed by atoms with Gasteiger partial charge < -0.3 is 15.4 Å². The number of hydrogen-bond donors (Lipinski definition) is 2. The maximum absolute atomic E-state index is 12.6. The maximum atomic E-state index is 12.6. The first-order valence-electron chi connectivity index (χ1n) is 8.99. The number of pyridine rings is 1. The van der Waals surface area contributed by atoms with Crippen molar-refractivity contribution in [3.05, 3.63) is 35.5 Å². The number of aliphatic imine (C=N–C) groups is 1. The van der Waals surface area contributed by atoms with Gasteiger partial charge in [0.2, 0.25) is 5.88 Å². The van der Waals surface area contributed by atoms with E-state index in [1.807, 2.05) is 6.08 Å². The molecule has 2 N–H and O–H groups in total. The van der Waals surface area contributed by atoms with Crippen LogP contribution in [0.15, 0.2) is 29.9 Å². The summed E-state index contributed by atoms with van der Waals surface area (Å²) in [4.78, 5) is 10.2. The molecule has 0 aromatic carbocycles. The summed E-state index contributed by atoms with van der Waals surface area (Å²) in [5.41, 5.74) is -0.910. The third kappa shape index (κ3) is 8.55. The lowest BCUT2D eigenvalue weighted by Gasteiger charge is -2.32. The summed E-state index contributed by atoms with van der Waals surface area (Å²) in [6, 6.07) is 1.13. The van der Waals surface area contributed by atoms with Gasteiger partial charge in [-0.3, -0.25) is 9.89 Å². The Morgan fingerprint density at radius 2 is 2.14 bits per heavy atom. The molecule has 1 fully saturated rings. The number of piperidine rings is 1. The lowest BCUT2D eigenvalue weighted by atomic mass is 10.1. The Morgan fingerprint density at radius 3 is 2.69 bits per heavy atom. The second kappa shape index (κ2) is 12.4. The van der Waals surface area contributed by atoms with E-state index in [1.165, 1.54) is 0 Å². The molecular formula is C18H26ClF3IN5O. The Hall–Kier alpha value is -1.27.